The van der Waals surface area contributed by atoms with Gasteiger partial charge in [0.05, 0.1) is 11.6 Å². The zero-order valence-electron chi connectivity index (χ0n) is 17.4. The molecule has 3 atom stereocenters. The summed E-state index contributed by atoms with van der Waals surface area (Å²) >= 11 is 0. The molecule has 0 saturated carbocycles. The number of nitrogens with one attached hydrogen (secondary N) is 2. The highest BCUT2D eigenvalue weighted by atomic mass is 19.4. The summed E-state index contributed by atoms with van der Waals surface area (Å²) in [4.78, 5) is 10.1. The predicted octanol–water partition coefficient (Wildman–Crippen LogP) is 4.78. The first kappa shape index (κ1) is 21.8. The molecule has 2 aliphatic rings. The van der Waals surface area contributed by atoms with E-state index in [-0.39, 0.29) is 17.7 Å². The van der Waals surface area contributed by atoms with E-state index in [1.54, 1.807) is 0 Å². The number of aromatic nitrogens is 2. The van der Waals surface area contributed by atoms with Gasteiger partial charge in [-0.2, -0.15) is 17.6 Å². The first-order chi connectivity index (χ1) is 14.8. The molecular weight excluding hydrogens is 410 g/mol. The van der Waals surface area contributed by atoms with Crippen molar-refractivity contribution in [3.8, 4) is 0 Å². The molecule has 0 amide bonds. The molecule has 2 aromatic rings. The van der Waals surface area contributed by atoms with E-state index in [0.717, 1.165) is 49.9 Å². The monoisotopic (exact) mass is 437 g/mol. The van der Waals surface area contributed by atoms with Crippen molar-refractivity contribution in [1.29, 1.82) is 0 Å². The quantitative estimate of drug-likeness (QED) is 0.660. The second-order valence-electron chi connectivity index (χ2n) is 8.46. The van der Waals surface area contributed by atoms with Crippen molar-refractivity contribution in [2.24, 2.45) is 5.92 Å². The lowest BCUT2D eigenvalue weighted by molar-refractivity contribution is -0.137. The van der Waals surface area contributed by atoms with E-state index in [1.807, 2.05) is 4.90 Å². The minimum Gasteiger partial charge on any atom is -0.367 e. The average Bonchev–Trinajstić information content (AvgIpc) is 3.23. The summed E-state index contributed by atoms with van der Waals surface area (Å²) in [6.45, 7) is 4.25. The van der Waals surface area contributed by atoms with E-state index >= 15 is 4.39 Å². The van der Waals surface area contributed by atoms with Gasteiger partial charge in [0, 0.05) is 19.1 Å². The highest BCUT2D eigenvalue weighted by molar-refractivity contribution is 5.53. The van der Waals surface area contributed by atoms with Gasteiger partial charge >= 0.3 is 6.18 Å². The number of halogens is 4. The summed E-state index contributed by atoms with van der Waals surface area (Å²) in [6.07, 6.45) is 0.659. The summed E-state index contributed by atoms with van der Waals surface area (Å²) in [5, 5.41) is 6.55. The van der Waals surface area contributed by atoms with Crippen LogP contribution in [0.3, 0.4) is 0 Å². The van der Waals surface area contributed by atoms with Gasteiger partial charge < -0.3 is 15.5 Å². The van der Waals surface area contributed by atoms with Crippen LogP contribution in [-0.4, -0.2) is 35.6 Å². The molecule has 4 rings (SSSR count). The van der Waals surface area contributed by atoms with Crippen molar-refractivity contribution in [3.63, 3.8) is 0 Å². The molecular formula is C22H27F4N5. The highest BCUT2D eigenvalue weighted by Gasteiger charge is 2.33. The largest absolute Gasteiger partial charge is 0.416 e. The van der Waals surface area contributed by atoms with E-state index in [9.17, 15) is 13.2 Å². The standard InChI is InChI=1S/C22H27F4N5/c1-14-4-5-15(11-27-14)12-28-20-19(23)21(30-13-29-20)31-10-2-3-18(31)16-6-8-17(9-7-16)22(24,25)26/h6-9,13-15,18,27H,2-5,10-12H2,1H3,(H,28,29,30). The molecule has 2 saturated heterocycles. The number of alkyl halides is 3. The SMILES string of the molecule is CC1CCC(CNc2ncnc(N3CCCC3c3ccc(C(F)(F)F)cc3)c2F)CN1. The van der Waals surface area contributed by atoms with Gasteiger partial charge in [0.15, 0.2) is 11.6 Å². The highest BCUT2D eigenvalue weighted by Crippen LogP contribution is 2.38. The number of rotatable bonds is 5. The summed E-state index contributed by atoms with van der Waals surface area (Å²) in [6, 6.07) is 5.39. The Hall–Kier alpha value is -2.42. The fourth-order valence-corrected chi connectivity index (χ4v) is 4.42. The van der Waals surface area contributed by atoms with Gasteiger partial charge in [-0.05, 0) is 62.8 Å². The Morgan fingerprint density at radius 2 is 1.90 bits per heavy atom. The fraction of sp³-hybridized carbons (Fsp3) is 0.545. The third kappa shape index (κ3) is 4.92. The molecule has 31 heavy (non-hydrogen) atoms. The minimum absolute atomic E-state index is 0.168. The molecule has 3 heterocycles. The Kier molecular flexibility index (Phi) is 6.31. The maximum atomic E-state index is 15.3. The van der Waals surface area contributed by atoms with Crippen LogP contribution in [0, 0.1) is 11.7 Å². The van der Waals surface area contributed by atoms with Crippen LogP contribution in [0.5, 0.6) is 0 Å². The van der Waals surface area contributed by atoms with Crippen LogP contribution in [-0.2, 0) is 6.18 Å². The number of benzene rings is 1. The van der Waals surface area contributed by atoms with Gasteiger partial charge in [-0.3, -0.25) is 0 Å². The summed E-state index contributed by atoms with van der Waals surface area (Å²) in [7, 11) is 0. The van der Waals surface area contributed by atoms with Crippen LogP contribution in [0.4, 0.5) is 29.2 Å². The van der Waals surface area contributed by atoms with E-state index in [4.69, 9.17) is 0 Å². The summed E-state index contributed by atoms with van der Waals surface area (Å²) in [5.41, 5.74) is 0.0347. The van der Waals surface area contributed by atoms with Gasteiger partial charge in [-0.15, -0.1) is 0 Å². The number of nitrogens with zero attached hydrogens (tertiary/aromatic N) is 3. The number of hydrogen-bond donors (Lipinski definition) is 2. The van der Waals surface area contributed by atoms with Crippen LogP contribution >= 0.6 is 0 Å². The normalized spacial score (nSPS) is 24.4. The molecule has 0 aliphatic carbocycles. The van der Waals surface area contributed by atoms with Gasteiger partial charge in [0.2, 0.25) is 5.82 Å². The Labute approximate surface area is 179 Å². The third-order valence-electron chi connectivity index (χ3n) is 6.24. The van der Waals surface area contributed by atoms with Crippen molar-refractivity contribution < 1.29 is 17.6 Å². The molecule has 2 fully saturated rings. The van der Waals surface area contributed by atoms with Crippen molar-refractivity contribution in [2.45, 2.75) is 50.9 Å². The van der Waals surface area contributed by atoms with Crippen molar-refractivity contribution >= 4 is 11.6 Å². The van der Waals surface area contributed by atoms with E-state index < -0.39 is 17.6 Å². The Balaban J connectivity index is 1.48. The molecule has 1 aromatic carbocycles. The molecule has 2 N–H and O–H groups in total. The molecule has 9 heteroatoms. The minimum atomic E-state index is -4.38. The van der Waals surface area contributed by atoms with Crippen LogP contribution < -0.4 is 15.5 Å². The summed E-state index contributed by atoms with van der Waals surface area (Å²) < 4.78 is 53.9. The Morgan fingerprint density at radius 3 is 2.58 bits per heavy atom. The zero-order valence-corrected chi connectivity index (χ0v) is 17.4. The number of piperidine rings is 1. The van der Waals surface area contributed by atoms with Gasteiger partial charge in [-0.1, -0.05) is 12.1 Å². The van der Waals surface area contributed by atoms with Crippen LogP contribution in [0.2, 0.25) is 0 Å². The lowest BCUT2D eigenvalue weighted by Crippen LogP contribution is -2.39. The van der Waals surface area contributed by atoms with Gasteiger partial charge in [0.1, 0.15) is 6.33 Å². The first-order valence-electron chi connectivity index (χ1n) is 10.7. The molecule has 0 spiro atoms. The molecule has 168 valence electrons. The first-order valence-corrected chi connectivity index (χ1v) is 10.7. The zero-order chi connectivity index (χ0) is 22.0. The predicted molar refractivity (Wildman–Crippen MR) is 111 cm³/mol. The van der Waals surface area contributed by atoms with E-state index in [0.29, 0.717) is 25.0 Å². The topological polar surface area (TPSA) is 53.1 Å². The van der Waals surface area contributed by atoms with Crippen molar-refractivity contribution in [1.82, 2.24) is 15.3 Å². The molecule has 5 nitrogen and oxygen atoms in total. The molecule has 1 aromatic heterocycles. The lowest BCUT2D eigenvalue weighted by Gasteiger charge is -2.29. The summed E-state index contributed by atoms with van der Waals surface area (Å²) in [5.74, 6) is 0.246. The third-order valence-corrected chi connectivity index (χ3v) is 6.24. The Bertz CT molecular complexity index is 878. The second kappa shape index (κ2) is 8.98. The Morgan fingerprint density at radius 1 is 1.13 bits per heavy atom. The van der Waals surface area contributed by atoms with Crippen LogP contribution in [0.15, 0.2) is 30.6 Å². The lowest BCUT2D eigenvalue weighted by atomic mass is 9.95. The fourth-order valence-electron chi connectivity index (χ4n) is 4.42. The van der Waals surface area contributed by atoms with Gasteiger partial charge in [0.25, 0.3) is 0 Å². The maximum absolute atomic E-state index is 15.3. The maximum Gasteiger partial charge on any atom is 0.416 e. The van der Waals surface area contributed by atoms with Crippen molar-refractivity contribution in [2.75, 3.05) is 29.9 Å². The smallest absolute Gasteiger partial charge is 0.367 e. The average molecular weight is 437 g/mol. The number of anilines is 2. The molecule has 2 aliphatic heterocycles. The van der Waals surface area contributed by atoms with E-state index in [2.05, 4.69) is 27.5 Å². The second-order valence-corrected chi connectivity index (χ2v) is 8.46. The van der Waals surface area contributed by atoms with Gasteiger partial charge in [-0.25, -0.2) is 9.97 Å². The molecule has 0 radical (unpaired) electrons. The number of hydrogen-bond acceptors (Lipinski definition) is 5. The van der Waals surface area contributed by atoms with E-state index in [1.165, 1.54) is 18.5 Å². The van der Waals surface area contributed by atoms with Crippen molar-refractivity contribution in [3.05, 3.63) is 47.5 Å². The molecule has 0 bridgehead atoms. The van der Waals surface area contributed by atoms with Crippen LogP contribution in [0.1, 0.15) is 49.8 Å². The van der Waals surface area contributed by atoms with Crippen LogP contribution in [0.25, 0.3) is 0 Å². The molecule has 3 unspecified atom stereocenters.